The van der Waals surface area contributed by atoms with Gasteiger partial charge in [-0.3, -0.25) is 0 Å². The molecule has 18 heavy (non-hydrogen) atoms. The summed E-state index contributed by atoms with van der Waals surface area (Å²) in [6.07, 6.45) is 3.17. The van der Waals surface area contributed by atoms with Crippen molar-refractivity contribution in [1.29, 1.82) is 0 Å². The molecule has 2 aromatic carbocycles. The first-order valence-electron chi connectivity index (χ1n) is 5.59. The van der Waals surface area contributed by atoms with Crippen molar-refractivity contribution >= 4 is 34.4 Å². The molecule has 2 nitrogen and oxygen atoms in total. The Morgan fingerprint density at radius 3 is 2.78 bits per heavy atom. The molecule has 3 heteroatoms. The van der Waals surface area contributed by atoms with Gasteiger partial charge in [0.1, 0.15) is 0 Å². The lowest BCUT2D eigenvalue weighted by atomic mass is 9.99. The van der Waals surface area contributed by atoms with Crippen molar-refractivity contribution in [3.05, 3.63) is 53.6 Å². The number of hydrogen-bond donors (Lipinski definition) is 0. The van der Waals surface area contributed by atoms with Gasteiger partial charge in [-0.05, 0) is 28.0 Å². The fourth-order valence-electron chi connectivity index (χ4n) is 1.87. The highest BCUT2D eigenvalue weighted by Crippen LogP contribution is 2.25. The first-order valence-corrected chi connectivity index (χ1v) is 6.12. The van der Waals surface area contributed by atoms with Crippen molar-refractivity contribution < 1.29 is 9.53 Å². The maximum Gasteiger partial charge on any atom is 0.330 e. The summed E-state index contributed by atoms with van der Waals surface area (Å²) in [4.78, 5) is 11.2. The van der Waals surface area contributed by atoms with Gasteiger partial charge in [0.2, 0.25) is 0 Å². The Kier molecular flexibility index (Phi) is 4.00. The minimum Gasteiger partial charge on any atom is -0.466 e. The van der Waals surface area contributed by atoms with Crippen LogP contribution in [0.15, 0.2) is 42.5 Å². The summed E-state index contributed by atoms with van der Waals surface area (Å²) < 4.78 is 4.60. The van der Waals surface area contributed by atoms with Crippen LogP contribution in [0.5, 0.6) is 0 Å². The van der Waals surface area contributed by atoms with Crippen molar-refractivity contribution in [1.82, 2.24) is 0 Å². The van der Waals surface area contributed by atoms with Gasteiger partial charge in [-0.15, -0.1) is 11.6 Å². The molecule has 0 fully saturated rings. The van der Waals surface area contributed by atoms with E-state index in [4.69, 9.17) is 11.6 Å². The zero-order valence-electron chi connectivity index (χ0n) is 10.0. The van der Waals surface area contributed by atoms with Gasteiger partial charge < -0.3 is 4.74 Å². The molecule has 0 heterocycles. The molecule has 0 aromatic heterocycles. The molecule has 0 radical (unpaired) electrons. The number of rotatable bonds is 3. The van der Waals surface area contributed by atoms with Crippen LogP contribution in [0.4, 0.5) is 0 Å². The fraction of sp³-hybridized carbons (Fsp3) is 0.133. The molecular formula is C15H13ClO2. The molecule has 0 N–H and O–H groups in total. The standard InChI is InChI=1S/C15H13ClO2/c1-18-15(17)9-8-14-12(10-16)7-6-11-4-2-3-5-13(11)14/h2-9H,10H2,1H3/b9-8-. The lowest BCUT2D eigenvalue weighted by Crippen LogP contribution is -1.94. The molecule has 0 atom stereocenters. The molecule has 0 bridgehead atoms. The lowest BCUT2D eigenvalue weighted by Gasteiger charge is -2.07. The zero-order chi connectivity index (χ0) is 13.0. The van der Waals surface area contributed by atoms with Crippen LogP contribution < -0.4 is 0 Å². The second kappa shape index (κ2) is 5.69. The van der Waals surface area contributed by atoms with Gasteiger partial charge in [-0.1, -0.05) is 36.4 Å². The van der Waals surface area contributed by atoms with Crippen molar-refractivity contribution in [2.75, 3.05) is 7.11 Å². The maximum absolute atomic E-state index is 11.2. The Morgan fingerprint density at radius 2 is 2.06 bits per heavy atom. The molecule has 0 unspecified atom stereocenters. The molecule has 0 amide bonds. The van der Waals surface area contributed by atoms with Crippen LogP contribution in [0.2, 0.25) is 0 Å². The van der Waals surface area contributed by atoms with Crippen LogP contribution in [-0.4, -0.2) is 13.1 Å². The van der Waals surface area contributed by atoms with E-state index in [0.29, 0.717) is 5.88 Å². The SMILES string of the molecule is COC(=O)/C=C\c1c(CCl)ccc2ccccc12. The van der Waals surface area contributed by atoms with Gasteiger partial charge in [-0.2, -0.15) is 0 Å². The summed E-state index contributed by atoms with van der Waals surface area (Å²) in [6, 6.07) is 12.0. The number of halogens is 1. The summed E-state index contributed by atoms with van der Waals surface area (Å²) in [5.41, 5.74) is 1.96. The van der Waals surface area contributed by atoms with Gasteiger partial charge in [0, 0.05) is 12.0 Å². The number of fused-ring (bicyclic) bond motifs is 1. The van der Waals surface area contributed by atoms with Crippen LogP contribution in [0.25, 0.3) is 16.8 Å². The molecule has 0 aliphatic rings. The van der Waals surface area contributed by atoms with Crippen LogP contribution in [0.1, 0.15) is 11.1 Å². The van der Waals surface area contributed by atoms with E-state index >= 15 is 0 Å². The van der Waals surface area contributed by atoms with E-state index in [-0.39, 0.29) is 5.97 Å². The number of carbonyl (C=O) groups excluding carboxylic acids is 1. The molecule has 0 spiro atoms. The van der Waals surface area contributed by atoms with Crippen molar-refractivity contribution in [2.45, 2.75) is 5.88 Å². The number of benzene rings is 2. The largest absolute Gasteiger partial charge is 0.466 e. The van der Waals surface area contributed by atoms with Crippen molar-refractivity contribution in [3.63, 3.8) is 0 Å². The van der Waals surface area contributed by atoms with E-state index in [9.17, 15) is 4.79 Å². The highest BCUT2D eigenvalue weighted by atomic mass is 35.5. The monoisotopic (exact) mass is 260 g/mol. The van der Waals surface area contributed by atoms with Crippen LogP contribution in [0, 0.1) is 0 Å². The average molecular weight is 261 g/mol. The number of hydrogen-bond acceptors (Lipinski definition) is 2. The van der Waals surface area contributed by atoms with Crippen molar-refractivity contribution in [3.8, 4) is 0 Å². The van der Waals surface area contributed by atoms with Crippen molar-refractivity contribution in [2.24, 2.45) is 0 Å². The smallest absolute Gasteiger partial charge is 0.330 e. The summed E-state index contributed by atoms with van der Waals surface area (Å²) in [7, 11) is 1.36. The Balaban J connectivity index is 2.58. The molecular weight excluding hydrogens is 248 g/mol. The minimum absolute atomic E-state index is 0.372. The molecule has 0 saturated carbocycles. The number of alkyl halides is 1. The number of methoxy groups -OCH3 is 1. The predicted octanol–water partition coefficient (Wildman–Crippen LogP) is 3.76. The Hall–Kier alpha value is -1.80. The third-order valence-electron chi connectivity index (χ3n) is 2.79. The minimum atomic E-state index is -0.372. The highest BCUT2D eigenvalue weighted by Gasteiger charge is 2.04. The molecule has 2 aromatic rings. The fourth-order valence-corrected chi connectivity index (χ4v) is 2.11. The Labute approximate surface area is 111 Å². The van der Waals surface area contributed by atoms with E-state index in [0.717, 1.165) is 21.9 Å². The highest BCUT2D eigenvalue weighted by molar-refractivity contribution is 6.17. The van der Waals surface area contributed by atoms with Crippen LogP contribution in [0.3, 0.4) is 0 Å². The first-order chi connectivity index (χ1) is 8.76. The van der Waals surface area contributed by atoms with Gasteiger partial charge in [0.25, 0.3) is 0 Å². The van der Waals surface area contributed by atoms with E-state index in [1.807, 2.05) is 36.4 Å². The summed E-state index contributed by atoms with van der Waals surface area (Å²) >= 11 is 5.93. The third-order valence-corrected chi connectivity index (χ3v) is 3.08. The van der Waals surface area contributed by atoms with Gasteiger partial charge in [0.05, 0.1) is 7.11 Å². The van der Waals surface area contributed by atoms with Crippen LogP contribution >= 0.6 is 11.6 Å². The molecule has 0 aliphatic carbocycles. The normalized spacial score (nSPS) is 11.0. The molecule has 92 valence electrons. The van der Waals surface area contributed by atoms with Gasteiger partial charge >= 0.3 is 5.97 Å². The lowest BCUT2D eigenvalue weighted by molar-refractivity contribution is -0.134. The van der Waals surface area contributed by atoms with E-state index in [2.05, 4.69) is 4.74 Å². The summed E-state index contributed by atoms with van der Waals surface area (Å²) in [5, 5.41) is 2.20. The number of esters is 1. The Bertz CT molecular complexity index is 602. The van der Waals surface area contributed by atoms with Gasteiger partial charge in [0.15, 0.2) is 0 Å². The second-order valence-corrected chi connectivity index (χ2v) is 4.12. The van der Waals surface area contributed by atoms with E-state index in [1.165, 1.54) is 13.2 Å². The zero-order valence-corrected chi connectivity index (χ0v) is 10.8. The Morgan fingerprint density at radius 1 is 1.28 bits per heavy atom. The number of carbonyl (C=O) groups is 1. The van der Waals surface area contributed by atoms with E-state index in [1.54, 1.807) is 6.08 Å². The second-order valence-electron chi connectivity index (χ2n) is 3.85. The predicted molar refractivity (Wildman–Crippen MR) is 74.6 cm³/mol. The summed E-state index contributed by atoms with van der Waals surface area (Å²) in [5.74, 6) is 0.0366. The number of ether oxygens (including phenoxy) is 1. The first kappa shape index (κ1) is 12.7. The average Bonchev–Trinajstić information content (AvgIpc) is 2.44. The molecule has 0 saturated heterocycles. The third kappa shape index (κ3) is 2.54. The topological polar surface area (TPSA) is 26.3 Å². The van der Waals surface area contributed by atoms with Gasteiger partial charge in [-0.25, -0.2) is 4.79 Å². The maximum atomic E-state index is 11.2. The quantitative estimate of drug-likeness (QED) is 0.477. The summed E-state index contributed by atoms with van der Waals surface area (Å²) in [6.45, 7) is 0. The van der Waals surface area contributed by atoms with Crippen LogP contribution in [-0.2, 0) is 15.4 Å². The molecule has 0 aliphatic heterocycles. The van der Waals surface area contributed by atoms with E-state index < -0.39 is 0 Å². The molecule has 2 rings (SSSR count).